The molecule has 0 saturated carbocycles. The zero-order chi connectivity index (χ0) is 12.3. The van der Waals surface area contributed by atoms with Crippen LogP contribution in [0.5, 0.6) is 0 Å². The van der Waals surface area contributed by atoms with E-state index in [0.29, 0.717) is 12.3 Å². The lowest BCUT2D eigenvalue weighted by atomic mass is 10.2. The number of rotatable bonds is 3. The molecule has 4 nitrogen and oxygen atoms in total. The zero-order valence-corrected chi connectivity index (χ0v) is 9.88. The molecule has 0 fully saturated rings. The van der Waals surface area contributed by atoms with Gasteiger partial charge in [0.25, 0.3) is 0 Å². The van der Waals surface area contributed by atoms with Gasteiger partial charge in [-0.3, -0.25) is 0 Å². The maximum atomic E-state index is 11.5. The van der Waals surface area contributed by atoms with Crippen LogP contribution < -0.4 is 0 Å². The minimum Gasteiger partial charge on any atom is -0.461 e. The fraction of sp³-hybridized carbons (Fsp3) is 0.231. The lowest BCUT2D eigenvalue weighted by Gasteiger charge is -2.04. The smallest absolute Gasteiger partial charge is 0.358 e. The monoisotopic (exact) mass is 230 g/mol. The van der Waals surface area contributed by atoms with Crippen LogP contribution in [0.3, 0.4) is 0 Å². The number of para-hydroxylation sites is 1. The first-order valence-electron chi connectivity index (χ1n) is 5.51. The van der Waals surface area contributed by atoms with Crippen molar-refractivity contribution < 1.29 is 9.53 Å². The summed E-state index contributed by atoms with van der Waals surface area (Å²) in [6.45, 7) is 4.13. The van der Waals surface area contributed by atoms with Crippen LogP contribution in [-0.4, -0.2) is 22.4 Å². The van der Waals surface area contributed by atoms with E-state index in [4.69, 9.17) is 4.74 Å². The van der Waals surface area contributed by atoms with Gasteiger partial charge in [0.2, 0.25) is 0 Å². The van der Waals surface area contributed by atoms with E-state index in [2.05, 4.69) is 5.10 Å². The average molecular weight is 230 g/mol. The van der Waals surface area contributed by atoms with Gasteiger partial charge in [0.1, 0.15) is 0 Å². The molecule has 0 bridgehead atoms. The molecular weight excluding hydrogens is 216 g/mol. The lowest BCUT2D eigenvalue weighted by Crippen LogP contribution is -2.07. The van der Waals surface area contributed by atoms with Crippen LogP contribution >= 0.6 is 0 Å². The number of hydrogen-bond donors (Lipinski definition) is 0. The number of esters is 1. The van der Waals surface area contributed by atoms with E-state index in [0.717, 1.165) is 11.3 Å². The van der Waals surface area contributed by atoms with Crippen molar-refractivity contribution in [2.24, 2.45) is 0 Å². The summed E-state index contributed by atoms with van der Waals surface area (Å²) >= 11 is 0. The molecule has 2 rings (SSSR count). The van der Waals surface area contributed by atoms with Gasteiger partial charge in [0, 0.05) is 6.20 Å². The summed E-state index contributed by atoms with van der Waals surface area (Å²) in [6.07, 6.45) is 1.76. The quantitative estimate of drug-likeness (QED) is 0.760. The number of aryl methyl sites for hydroxylation is 1. The molecule has 88 valence electrons. The Balaban J connectivity index is 2.30. The Morgan fingerprint density at radius 1 is 1.35 bits per heavy atom. The van der Waals surface area contributed by atoms with Crippen molar-refractivity contribution in [2.75, 3.05) is 6.61 Å². The van der Waals surface area contributed by atoms with Crippen molar-refractivity contribution in [2.45, 2.75) is 13.8 Å². The number of ether oxygens (including phenoxy) is 1. The summed E-state index contributed by atoms with van der Waals surface area (Å²) in [6, 6.07) is 9.52. The fourth-order valence-electron chi connectivity index (χ4n) is 1.59. The third kappa shape index (κ3) is 2.36. The molecule has 0 aliphatic carbocycles. The molecule has 0 N–H and O–H groups in total. The third-order valence-corrected chi connectivity index (χ3v) is 2.44. The number of aromatic nitrogens is 2. The molecule has 0 atom stereocenters. The molecule has 17 heavy (non-hydrogen) atoms. The Labute approximate surface area is 99.8 Å². The topological polar surface area (TPSA) is 44.1 Å². The van der Waals surface area contributed by atoms with Gasteiger partial charge in [0.05, 0.1) is 12.3 Å². The maximum Gasteiger partial charge on any atom is 0.358 e. The highest BCUT2D eigenvalue weighted by atomic mass is 16.5. The third-order valence-electron chi connectivity index (χ3n) is 2.44. The number of benzene rings is 1. The standard InChI is InChI=1S/C13H14N2O2/c1-3-17-13(16)11-8-9-15(14-11)12-7-5-4-6-10(12)2/h4-9H,3H2,1-2H3. The minimum atomic E-state index is -0.389. The molecule has 0 unspecified atom stereocenters. The molecule has 0 saturated heterocycles. The van der Waals surface area contributed by atoms with Crippen LogP contribution in [0.15, 0.2) is 36.5 Å². The Kier molecular flexibility index (Phi) is 3.23. The highest BCUT2D eigenvalue weighted by Gasteiger charge is 2.11. The number of carbonyl (C=O) groups excluding carboxylic acids is 1. The first-order valence-corrected chi connectivity index (χ1v) is 5.51. The van der Waals surface area contributed by atoms with E-state index in [1.165, 1.54) is 0 Å². The van der Waals surface area contributed by atoms with Crippen molar-refractivity contribution >= 4 is 5.97 Å². The van der Waals surface area contributed by atoms with E-state index < -0.39 is 0 Å². The Bertz CT molecular complexity index is 532. The van der Waals surface area contributed by atoms with Gasteiger partial charge in [-0.2, -0.15) is 5.10 Å². The molecular formula is C13H14N2O2. The fourth-order valence-corrected chi connectivity index (χ4v) is 1.59. The second-order valence-electron chi connectivity index (χ2n) is 3.65. The van der Waals surface area contributed by atoms with E-state index in [1.54, 1.807) is 23.9 Å². The van der Waals surface area contributed by atoms with Crippen LogP contribution in [0.4, 0.5) is 0 Å². The molecule has 1 heterocycles. The van der Waals surface area contributed by atoms with E-state index in [1.807, 2.05) is 31.2 Å². The van der Waals surface area contributed by atoms with Crippen LogP contribution in [0.1, 0.15) is 23.0 Å². The minimum absolute atomic E-state index is 0.329. The summed E-state index contributed by atoms with van der Waals surface area (Å²) in [5.74, 6) is -0.389. The van der Waals surface area contributed by atoms with Crippen molar-refractivity contribution in [3.63, 3.8) is 0 Å². The van der Waals surface area contributed by atoms with Gasteiger partial charge in [-0.05, 0) is 31.5 Å². The van der Waals surface area contributed by atoms with Crippen molar-refractivity contribution in [1.29, 1.82) is 0 Å². The Morgan fingerprint density at radius 2 is 2.12 bits per heavy atom. The van der Waals surface area contributed by atoms with E-state index >= 15 is 0 Å². The normalized spacial score (nSPS) is 10.2. The van der Waals surface area contributed by atoms with E-state index in [9.17, 15) is 4.79 Å². The first kappa shape index (κ1) is 11.4. The lowest BCUT2D eigenvalue weighted by molar-refractivity contribution is 0.0519. The average Bonchev–Trinajstić information content (AvgIpc) is 2.79. The molecule has 0 aliphatic rings. The van der Waals surface area contributed by atoms with Crippen molar-refractivity contribution in [3.8, 4) is 5.69 Å². The zero-order valence-electron chi connectivity index (χ0n) is 9.88. The maximum absolute atomic E-state index is 11.5. The van der Waals surface area contributed by atoms with Crippen molar-refractivity contribution in [3.05, 3.63) is 47.8 Å². The predicted molar refractivity (Wildman–Crippen MR) is 64.3 cm³/mol. The molecule has 0 aliphatic heterocycles. The van der Waals surface area contributed by atoms with Gasteiger partial charge in [0.15, 0.2) is 5.69 Å². The van der Waals surface area contributed by atoms with Crippen LogP contribution in [0, 0.1) is 6.92 Å². The number of carbonyl (C=O) groups is 1. The predicted octanol–water partition coefficient (Wildman–Crippen LogP) is 2.36. The highest BCUT2D eigenvalue weighted by molar-refractivity contribution is 5.87. The van der Waals surface area contributed by atoms with Gasteiger partial charge >= 0.3 is 5.97 Å². The molecule has 0 radical (unpaired) electrons. The molecule has 0 spiro atoms. The summed E-state index contributed by atoms with van der Waals surface area (Å²) < 4.78 is 6.57. The van der Waals surface area contributed by atoms with Gasteiger partial charge in [-0.25, -0.2) is 9.48 Å². The van der Waals surface area contributed by atoms with Crippen LogP contribution in [-0.2, 0) is 4.74 Å². The second kappa shape index (κ2) is 4.82. The molecule has 0 amide bonds. The summed E-state index contributed by atoms with van der Waals surface area (Å²) in [5, 5.41) is 4.20. The van der Waals surface area contributed by atoms with Crippen LogP contribution in [0.2, 0.25) is 0 Å². The van der Waals surface area contributed by atoms with Gasteiger partial charge < -0.3 is 4.74 Å². The summed E-state index contributed by atoms with van der Waals surface area (Å²) in [5.41, 5.74) is 2.39. The Hall–Kier alpha value is -2.10. The second-order valence-corrected chi connectivity index (χ2v) is 3.65. The van der Waals surface area contributed by atoms with Crippen molar-refractivity contribution in [1.82, 2.24) is 9.78 Å². The molecule has 1 aromatic heterocycles. The van der Waals surface area contributed by atoms with Gasteiger partial charge in [-0.15, -0.1) is 0 Å². The Morgan fingerprint density at radius 3 is 2.82 bits per heavy atom. The van der Waals surface area contributed by atoms with Crippen LogP contribution in [0.25, 0.3) is 5.69 Å². The molecule has 4 heteroatoms. The molecule has 2 aromatic rings. The highest BCUT2D eigenvalue weighted by Crippen LogP contribution is 2.12. The number of nitrogens with zero attached hydrogens (tertiary/aromatic N) is 2. The van der Waals surface area contributed by atoms with E-state index in [-0.39, 0.29) is 5.97 Å². The number of hydrogen-bond acceptors (Lipinski definition) is 3. The van der Waals surface area contributed by atoms with Gasteiger partial charge in [-0.1, -0.05) is 18.2 Å². The molecule has 1 aromatic carbocycles. The SMILES string of the molecule is CCOC(=O)c1ccn(-c2ccccc2C)n1. The summed E-state index contributed by atoms with van der Waals surface area (Å²) in [4.78, 5) is 11.5. The summed E-state index contributed by atoms with van der Waals surface area (Å²) in [7, 11) is 0. The first-order chi connectivity index (χ1) is 8.22. The largest absolute Gasteiger partial charge is 0.461 e.